The van der Waals surface area contributed by atoms with E-state index in [9.17, 15) is 0 Å². The van der Waals surface area contributed by atoms with Gasteiger partial charge in [0, 0.05) is 38.8 Å². The first-order valence-electron chi connectivity index (χ1n) is 7.26. The van der Waals surface area contributed by atoms with E-state index in [1.807, 2.05) is 0 Å². The first kappa shape index (κ1) is 14.5. The molecule has 0 saturated carbocycles. The van der Waals surface area contributed by atoms with Gasteiger partial charge < -0.3 is 10.6 Å². The second-order valence-electron chi connectivity index (χ2n) is 5.85. The zero-order valence-corrected chi connectivity index (χ0v) is 12.7. The highest BCUT2D eigenvalue weighted by molar-refractivity contribution is 5.37. The molecular weight excluding hydrogens is 234 g/mol. The number of piperazine rings is 1. The van der Waals surface area contributed by atoms with Crippen LogP contribution in [0.4, 0.5) is 0 Å². The maximum absolute atomic E-state index is 3.62. The van der Waals surface area contributed by atoms with Crippen LogP contribution < -0.4 is 10.6 Å². The molecule has 1 aliphatic rings. The minimum atomic E-state index is 0.611. The molecule has 1 heterocycles. The molecule has 1 aliphatic heterocycles. The molecule has 0 bridgehead atoms. The average Bonchev–Trinajstić information content (AvgIpc) is 2.34. The molecule has 1 aromatic rings. The lowest BCUT2D eigenvalue weighted by atomic mass is 10.00. The van der Waals surface area contributed by atoms with Gasteiger partial charge in [-0.25, -0.2) is 0 Å². The van der Waals surface area contributed by atoms with Crippen molar-refractivity contribution in [3.63, 3.8) is 0 Å². The molecule has 1 atom stereocenters. The van der Waals surface area contributed by atoms with Crippen LogP contribution in [-0.2, 0) is 6.54 Å². The van der Waals surface area contributed by atoms with Gasteiger partial charge in [0.15, 0.2) is 0 Å². The molecular formula is C16H27N3. The Morgan fingerprint density at radius 3 is 2.58 bits per heavy atom. The third kappa shape index (κ3) is 3.78. The van der Waals surface area contributed by atoms with Gasteiger partial charge in [0.2, 0.25) is 0 Å². The normalized spacial score (nSPS) is 20.7. The molecule has 1 unspecified atom stereocenters. The quantitative estimate of drug-likeness (QED) is 0.862. The number of hydrogen-bond acceptors (Lipinski definition) is 3. The summed E-state index contributed by atoms with van der Waals surface area (Å²) < 4.78 is 0. The maximum Gasteiger partial charge on any atom is 0.0342 e. The Balaban J connectivity index is 1.89. The van der Waals surface area contributed by atoms with Crippen LogP contribution in [0.5, 0.6) is 0 Å². The van der Waals surface area contributed by atoms with Crippen LogP contribution in [0.25, 0.3) is 0 Å². The Bertz CT molecular complexity index is 405. The minimum Gasteiger partial charge on any atom is -0.314 e. The molecule has 0 amide bonds. The SMILES string of the molecule is Cc1cc(C)c(CNCC2CNCCN2C)c(C)c1. The molecule has 1 fully saturated rings. The Labute approximate surface area is 117 Å². The monoisotopic (exact) mass is 261 g/mol. The summed E-state index contributed by atoms with van der Waals surface area (Å²) in [4.78, 5) is 2.44. The van der Waals surface area contributed by atoms with Crippen molar-refractivity contribution >= 4 is 0 Å². The molecule has 19 heavy (non-hydrogen) atoms. The zero-order valence-electron chi connectivity index (χ0n) is 12.7. The molecule has 106 valence electrons. The Morgan fingerprint density at radius 2 is 1.95 bits per heavy atom. The molecule has 0 radical (unpaired) electrons. The first-order valence-corrected chi connectivity index (χ1v) is 7.26. The average molecular weight is 261 g/mol. The van der Waals surface area contributed by atoms with Crippen LogP contribution >= 0.6 is 0 Å². The van der Waals surface area contributed by atoms with E-state index in [2.05, 4.69) is 55.5 Å². The Morgan fingerprint density at radius 1 is 1.26 bits per heavy atom. The minimum absolute atomic E-state index is 0.611. The number of likely N-dealkylation sites (N-methyl/N-ethyl adjacent to an activating group) is 1. The number of rotatable bonds is 4. The molecule has 3 nitrogen and oxygen atoms in total. The van der Waals surface area contributed by atoms with Crippen LogP contribution in [0.2, 0.25) is 0 Å². The largest absolute Gasteiger partial charge is 0.314 e. The summed E-state index contributed by atoms with van der Waals surface area (Å²) in [6.45, 7) is 12.0. The topological polar surface area (TPSA) is 27.3 Å². The summed E-state index contributed by atoms with van der Waals surface area (Å²) in [5.74, 6) is 0. The fraction of sp³-hybridized carbons (Fsp3) is 0.625. The van der Waals surface area contributed by atoms with Gasteiger partial charge in [0.1, 0.15) is 0 Å². The first-order chi connectivity index (χ1) is 9.08. The van der Waals surface area contributed by atoms with Crippen molar-refractivity contribution in [1.82, 2.24) is 15.5 Å². The van der Waals surface area contributed by atoms with Gasteiger partial charge in [-0.05, 0) is 44.5 Å². The van der Waals surface area contributed by atoms with Crippen molar-refractivity contribution < 1.29 is 0 Å². The van der Waals surface area contributed by atoms with Crippen molar-refractivity contribution in [1.29, 1.82) is 0 Å². The van der Waals surface area contributed by atoms with Crippen LogP contribution in [0, 0.1) is 20.8 Å². The Kier molecular flexibility index (Phi) is 4.97. The van der Waals surface area contributed by atoms with E-state index in [4.69, 9.17) is 0 Å². The summed E-state index contributed by atoms with van der Waals surface area (Å²) in [7, 11) is 2.22. The summed E-state index contributed by atoms with van der Waals surface area (Å²) in [5.41, 5.74) is 5.62. The van der Waals surface area contributed by atoms with Crippen molar-refractivity contribution in [2.45, 2.75) is 33.4 Å². The lowest BCUT2D eigenvalue weighted by Crippen LogP contribution is -2.53. The van der Waals surface area contributed by atoms with E-state index in [1.165, 1.54) is 22.3 Å². The number of aryl methyl sites for hydroxylation is 3. The van der Waals surface area contributed by atoms with E-state index < -0.39 is 0 Å². The van der Waals surface area contributed by atoms with Gasteiger partial charge >= 0.3 is 0 Å². The van der Waals surface area contributed by atoms with Crippen molar-refractivity contribution in [3.8, 4) is 0 Å². The fourth-order valence-electron chi connectivity index (χ4n) is 2.94. The Hall–Kier alpha value is -0.900. The highest BCUT2D eigenvalue weighted by atomic mass is 15.2. The molecule has 2 rings (SSSR count). The van der Waals surface area contributed by atoms with E-state index in [0.29, 0.717) is 6.04 Å². The van der Waals surface area contributed by atoms with E-state index >= 15 is 0 Å². The van der Waals surface area contributed by atoms with E-state index in [-0.39, 0.29) is 0 Å². The molecule has 0 aromatic heterocycles. The van der Waals surface area contributed by atoms with Gasteiger partial charge in [-0.15, -0.1) is 0 Å². The zero-order chi connectivity index (χ0) is 13.8. The predicted molar refractivity (Wildman–Crippen MR) is 81.6 cm³/mol. The van der Waals surface area contributed by atoms with Crippen LogP contribution in [0.3, 0.4) is 0 Å². The fourth-order valence-corrected chi connectivity index (χ4v) is 2.94. The van der Waals surface area contributed by atoms with Gasteiger partial charge in [-0.3, -0.25) is 4.90 Å². The number of hydrogen-bond donors (Lipinski definition) is 2. The van der Waals surface area contributed by atoms with Crippen molar-refractivity contribution in [2.75, 3.05) is 33.2 Å². The highest BCUT2D eigenvalue weighted by Gasteiger charge is 2.17. The molecule has 2 N–H and O–H groups in total. The van der Waals surface area contributed by atoms with Gasteiger partial charge in [0.25, 0.3) is 0 Å². The third-order valence-electron chi connectivity index (χ3n) is 4.17. The molecule has 1 saturated heterocycles. The van der Waals surface area contributed by atoms with Gasteiger partial charge in [0.05, 0.1) is 0 Å². The standard InChI is InChI=1S/C16H27N3/c1-12-7-13(2)16(14(3)8-12)11-18-10-15-9-17-5-6-19(15)4/h7-8,15,17-18H,5-6,9-11H2,1-4H3. The molecule has 0 aliphatic carbocycles. The summed E-state index contributed by atoms with van der Waals surface area (Å²) in [6, 6.07) is 5.16. The lowest BCUT2D eigenvalue weighted by molar-refractivity contribution is 0.195. The lowest BCUT2D eigenvalue weighted by Gasteiger charge is -2.33. The summed E-state index contributed by atoms with van der Waals surface area (Å²) in [5, 5.41) is 7.08. The van der Waals surface area contributed by atoms with Crippen LogP contribution in [0.15, 0.2) is 12.1 Å². The number of nitrogens with zero attached hydrogens (tertiary/aromatic N) is 1. The smallest absolute Gasteiger partial charge is 0.0342 e. The summed E-state index contributed by atoms with van der Waals surface area (Å²) in [6.07, 6.45) is 0. The van der Waals surface area contributed by atoms with Crippen LogP contribution in [0.1, 0.15) is 22.3 Å². The van der Waals surface area contributed by atoms with Crippen molar-refractivity contribution in [3.05, 3.63) is 34.4 Å². The van der Waals surface area contributed by atoms with E-state index in [0.717, 1.165) is 32.7 Å². The number of benzene rings is 1. The second kappa shape index (κ2) is 6.51. The van der Waals surface area contributed by atoms with Gasteiger partial charge in [-0.2, -0.15) is 0 Å². The molecule has 1 aromatic carbocycles. The highest BCUT2D eigenvalue weighted by Crippen LogP contribution is 2.16. The summed E-state index contributed by atoms with van der Waals surface area (Å²) >= 11 is 0. The third-order valence-corrected chi connectivity index (χ3v) is 4.17. The van der Waals surface area contributed by atoms with Crippen molar-refractivity contribution in [2.24, 2.45) is 0 Å². The van der Waals surface area contributed by atoms with Gasteiger partial charge in [-0.1, -0.05) is 17.7 Å². The maximum atomic E-state index is 3.62. The molecule has 3 heteroatoms. The second-order valence-corrected chi connectivity index (χ2v) is 5.85. The number of nitrogens with one attached hydrogen (secondary N) is 2. The molecule has 0 spiro atoms. The van der Waals surface area contributed by atoms with E-state index in [1.54, 1.807) is 0 Å². The predicted octanol–water partition coefficient (Wildman–Crippen LogP) is 1.61. The van der Waals surface area contributed by atoms with Crippen LogP contribution in [-0.4, -0.2) is 44.2 Å².